The van der Waals surface area contributed by atoms with Gasteiger partial charge in [0.2, 0.25) is 5.60 Å². The summed E-state index contributed by atoms with van der Waals surface area (Å²) in [7, 11) is 0. The highest BCUT2D eigenvalue weighted by molar-refractivity contribution is 5.85. The van der Waals surface area contributed by atoms with Crippen LogP contribution >= 0.6 is 0 Å². The Morgan fingerprint density at radius 1 is 1.20 bits per heavy atom. The van der Waals surface area contributed by atoms with Crippen LogP contribution in [-0.4, -0.2) is 43.8 Å². The Morgan fingerprint density at radius 2 is 1.84 bits per heavy atom. The molecule has 0 aliphatic carbocycles. The molecule has 134 valence electrons. The standard InChI is InChI=1S/C16H15F4N3O2/c1-15(25,16(18,19)20)14(24)22-6-7-23-12(9-22)8-21-13(23)10-2-4-11(17)5-3-10/h2-5,8,25H,6-7,9H2,1H3. The van der Waals surface area contributed by atoms with Gasteiger partial charge >= 0.3 is 6.18 Å². The van der Waals surface area contributed by atoms with Crippen molar-refractivity contribution in [3.8, 4) is 11.4 Å². The Kier molecular flexibility index (Phi) is 4.06. The second kappa shape index (κ2) is 5.83. The number of carbonyl (C=O) groups excluding carboxylic acids is 1. The zero-order valence-electron chi connectivity index (χ0n) is 13.2. The first-order chi connectivity index (χ1) is 11.6. The maximum absolute atomic E-state index is 13.0. The molecular formula is C16H15F4N3O2. The Morgan fingerprint density at radius 3 is 2.44 bits per heavy atom. The summed E-state index contributed by atoms with van der Waals surface area (Å²) in [6.07, 6.45) is -3.60. The molecule has 1 unspecified atom stereocenters. The number of aromatic nitrogens is 2. The van der Waals surface area contributed by atoms with E-state index in [-0.39, 0.29) is 25.5 Å². The third-order valence-electron chi connectivity index (χ3n) is 4.24. The van der Waals surface area contributed by atoms with Crippen molar-refractivity contribution in [3.63, 3.8) is 0 Å². The molecule has 0 spiro atoms. The molecule has 1 atom stereocenters. The lowest BCUT2D eigenvalue weighted by molar-refractivity contribution is -0.250. The van der Waals surface area contributed by atoms with Crippen molar-refractivity contribution >= 4 is 5.91 Å². The van der Waals surface area contributed by atoms with E-state index in [9.17, 15) is 27.5 Å². The van der Waals surface area contributed by atoms with Crippen LogP contribution in [0.3, 0.4) is 0 Å². The van der Waals surface area contributed by atoms with Gasteiger partial charge in [-0.05, 0) is 31.2 Å². The first-order valence-electron chi connectivity index (χ1n) is 7.50. The minimum Gasteiger partial charge on any atom is -0.373 e. The van der Waals surface area contributed by atoms with Crippen molar-refractivity contribution < 1.29 is 27.5 Å². The number of rotatable bonds is 2. The molecule has 2 heterocycles. The summed E-state index contributed by atoms with van der Waals surface area (Å²) < 4.78 is 53.3. The van der Waals surface area contributed by atoms with Gasteiger partial charge in [-0.1, -0.05) is 0 Å². The fraction of sp³-hybridized carbons (Fsp3) is 0.375. The molecule has 25 heavy (non-hydrogen) atoms. The van der Waals surface area contributed by atoms with Crippen molar-refractivity contribution in [2.45, 2.75) is 31.8 Å². The van der Waals surface area contributed by atoms with Crippen LogP contribution in [-0.2, 0) is 17.9 Å². The maximum Gasteiger partial charge on any atom is 0.426 e. The molecule has 5 nitrogen and oxygen atoms in total. The third-order valence-corrected chi connectivity index (χ3v) is 4.24. The van der Waals surface area contributed by atoms with E-state index >= 15 is 0 Å². The fourth-order valence-electron chi connectivity index (χ4n) is 2.71. The van der Waals surface area contributed by atoms with Gasteiger partial charge in [0.25, 0.3) is 5.91 Å². The van der Waals surface area contributed by atoms with E-state index in [1.54, 1.807) is 16.7 Å². The van der Waals surface area contributed by atoms with Gasteiger partial charge in [0, 0.05) is 18.7 Å². The molecule has 3 rings (SSSR count). The summed E-state index contributed by atoms with van der Waals surface area (Å²) in [5.74, 6) is -1.24. The number of alkyl halides is 3. The minimum absolute atomic E-state index is 0.00260. The first-order valence-corrected chi connectivity index (χ1v) is 7.50. The predicted molar refractivity (Wildman–Crippen MR) is 79.7 cm³/mol. The number of benzene rings is 1. The molecule has 1 aliphatic heterocycles. The topological polar surface area (TPSA) is 58.4 Å². The van der Waals surface area contributed by atoms with Crippen LogP contribution in [0, 0.1) is 5.82 Å². The molecule has 0 saturated heterocycles. The zero-order valence-corrected chi connectivity index (χ0v) is 13.2. The largest absolute Gasteiger partial charge is 0.426 e. The molecule has 9 heteroatoms. The van der Waals surface area contributed by atoms with E-state index in [2.05, 4.69) is 4.98 Å². The highest BCUT2D eigenvalue weighted by atomic mass is 19.4. The van der Waals surface area contributed by atoms with Crippen molar-refractivity contribution in [3.05, 3.63) is 42.0 Å². The Bertz CT molecular complexity index is 797. The number of hydrogen-bond acceptors (Lipinski definition) is 3. The van der Waals surface area contributed by atoms with Crippen LogP contribution in [0.4, 0.5) is 17.6 Å². The second-order valence-corrected chi connectivity index (χ2v) is 6.03. The number of nitrogens with zero attached hydrogens (tertiary/aromatic N) is 3. The lowest BCUT2D eigenvalue weighted by Gasteiger charge is -2.35. The van der Waals surface area contributed by atoms with Crippen LogP contribution in [0.5, 0.6) is 0 Å². The molecule has 0 radical (unpaired) electrons. The SMILES string of the molecule is CC(O)(C(=O)N1CCn2c(cnc2-c2ccc(F)cc2)C1)C(F)(F)F. The Balaban J connectivity index is 1.84. The van der Waals surface area contributed by atoms with Gasteiger partial charge in [-0.2, -0.15) is 13.2 Å². The highest BCUT2D eigenvalue weighted by Crippen LogP contribution is 2.33. The Hall–Kier alpha value is -2.42. The predicted octanol–water partition coefficient (Wildman–Crippen LogP) is 2.34. The average Bonchev–Trinajstić information content (AvgIpc) is 2.97. The van der Waals surface area contributed by atoms with Crippen LogP contribution in [0.2, 0.25) is 0 Å². The lowest BCUT2D eigenvalue weighted by Crippen LogP contribution is -2.57. The molecule has 1 aliphatic rings. The average molecular weight is 357 g/mol. The summed E-state index contributed by atoms with van der Waals surface area (Å²) in [6, 6.07) is 5.68. The van der Waals surface area contributed by atoms with Crippen LogP contribution in [0.25, 0.3) is 11.4 Å². The number of halogens is 4. The van der Waals surface area contributed by atoms with Gasteiger partial charge < -0.3 is 14.6 Å². The van der Waals surface area contributed by atoms with E-state index in [0.717, 1.165) is 4.90 Å². The van der Waals surface area contributed by atoms with E-state index in [1.165, 1.54) is 18.3 Å². The van der Waals surface area contributed by atoms with Gasteiger partial charge in [-0.15, -0.1) is 0 Å². The summed E-state index contributed by atoms with van der Waals surface area (Å²) in [5.41, 5.74) is -2.23. The van der Waals surface area contributed by atoms with Gasteiger partial charge in [-0.25, -0.2) is 9.37 Å². The molecule has 1 aromatic carbocycles. The number of imidazole rings is 1. The quantitative estimate of drug-likeness (QED) is 0.840. The first kappa shape index (κ1) is 17.4. The smallest absolute Gasteiger partial charge is 0.373 e. The van der Waals surface area contributed by atoms with Crippen molar-refractivity contribution in [1.29, 1.82) is 0 Å². The van der Waals surface area contributed by atoms with E-state index in [4.69, 9.17) is 0 Å². The minimum atomic E-state index is -5.05. The number of fused-ring (bicyclic) bond motifs is 1. The maximum atomic E-state index is 13.0. The third kappa shape index (κ3) is 2.99. The highest BCUT2D eigenvalue weighted by Gasteiger charge is 2.57. The van der Waals surface area contributed by atoms with E-state index in [1.807, 2.05) is 0 Å². The van der Waals surface area contributed by atoms with Gasteiger partial charge in [-0.3, -0.25) is 4.79 Å². The molecule has 1 N–H and O–H groups in total. The molecule has 1 aromatic heterocycles. The van der Waals surface area contributed by atoms with Crippen molar-refractivity contribution in [1.82, 2.24) is 14.5 Å². The molecule has 0 fully saturated rings. The second-order valence-electron chi connectivity index (χ2n) is 6.03. The van der Waals surface area contributed by atoms with Gasteiger partial charge in [0.1, 0.15) is 11.6 Å². The molecule has 1 amide bonds. The lowest BCUT2D eigenvalue weighted by atomic mass is 10.0. The van der Waals surface area contributed by atoms with Gasteiger partial charge in [0.05, 0.1) is 18.4 Å². The van der Waals surface area contributed by atoms with Crippen molar-refractivity contribution in [2.75, 3.05) is 6.54 Å². The summed E-state index contributed by atoms with van der Waals surface area (Å²) in [4.78, 5) is 17.3. The molecule has 0 saturated carbocycles. The number of aliphatic hydroxyl groups is 1. The monoisotopic (exact) mass is 357 g/mol. The number of hydrogen-bond donors (Lipinski definition) is 1. The fourth-order valence-corrected chi connectivity index (χ4v) is 2.71. The summed E-state index contributed by atoms with van der Waals surface area (Å²) in [5, 5.41) is 9.55. The number of amides is 1. The zero-order chi connectivity index (χ0) is 18.4. The van der Waals surface area contributed by atoms with Crippen LogP contribution < -0.4 is 0 Å². The van der Waals surface area contributed by atoms with E-state index in [0.29, 0.717) is 24.0 Å². The molecule has 2 aromatic rings. The van der Waals surface area contributed by atoms with Gasteiger partial charge in [0.15, 0.2) is 0 Å². The normalized spacial score (nSPS) is 17.1. The summed E-state index contributed by atoms with van der Waals surface area (Å²) in [6.45, 7) is 0.578. The number of carbonyl (C=O) groups is 1. The molecular weight excluding hydrogens is 342 g/mol. The molecule has 0 bridgehead atoms. The Labute approximate surface area is 140 Å². The summed E-state index contributed by atoms with van der Waals surface area (Å²) >= 11 is 0. The van der Waals surface area contributed by atoms with E-state index < -0.39 is 17.7 Å². The van der Waals surface area contributed by atoms with Crippen LogP contribution in [0.15, 0.2) is 30.5 Å². The van der Waals surface area contributed by atoms with Crippen molar-refractivity contribution in [2.24, 2.45) is 0 Å². The van der Waals surface area contributed by atoms with Crippen LogP contribution in [0.1, 0.15) is 12.6 Å².